The minimum Gasteiger partial charge on any atom is -0.495 e. The normalized spacial score (nSPS) is 10.1. The van der Waals surface area contributed by atoms with Crippen molar-refractivity contribution in [2.45, 2.75) is 6.92 Å². The van der Waals surface area contributed by atoms with Gasteiger partial charge in [0, 0.05) is 11.4 Å². The van der Waals surface area contributed by atoms with Gasteiger partial charge in [0.2, 0.25) is 0 Å². The molecule has 0 aliphatic carbocycles. The van der Waals surface area contributed by atoms with Gasteiger partial charge in [-0.25, -0.2) is 4.79 Å². The van der Waals surface area contributed by atoms with E-state index in [-0.39, 0.29) is 0 Å². The topological polar surface area (TPSA) is 73.6 Å². The van der Waals surface area contributed by atoms with Crippen molar-refractivity contribution >= 4 is 34.6 Å². The maximum absolute atomic E-state index is 12.0. The van der Waals surface area contributed by atoms with Crippen LogP contribution in [0.15, 0.2) is 36.4 Å². The van der Waals surface area contributed by atoms with Crippen molar-refractivity contribution in [1.82, 2.24) is 0 Å². The summed E-state index contributed by atoms with van der Waals surface area (Å²) in [6.45, 7) is 2.04. The van der Waals surface area contributed by atoms with Crippen molar-refractivity contribution in [3.05, 3.63) is 47.0 Å². The number of anilines is 3. The van der Waals surface area contributed by atoms with Crippen molar-refractivity contribution in [3.63, 3.8) is 0 Å². The summed E-state index contributed by atoms with van der Waals surface area (Å²) in [5, 5.41) is 3.61. The number of benzene rings is 2. The first kappa shape index (κ1) is 16.0. The highest BCUT2D eigenvalue weighted by atomic mass is 35.5. The minimum absolute atomic E-state index is 0.293. The Kier molecular flexibility index (Phi) is 5.12. The maximum Gasteiger partial charge on any atom is 0.340 e. The highest BCUT2D eigenvalue weighted by Crippen LogP contribution is 2.30. The van der Waals surface area contributed by atoms with Crippen LogP contribution in [0.5, 0.6) is 5.75 Å². The van der Waals surface area contributed by atoms with Crippen molar-refractivity contribution in [1.29, 1.82) is 0 Å². The van der Waals surface area contributed by atoms with E-state index in [2.05, 4.69) is 5.32 Å². The molecule has 2 aromatic rings. The van der Waals surface area contributed by atoms with Gasteiger partial charge in [0.1, 0.15) is 5.75 Å². The summed E-state index contributed by atoms with van der Waals surface area (Å²) < 4.78 is 10.2. The number of carbonyl (C=O) groups is 1. The second-order valence-corrected chi connectivity index (χ2v) is 4.91. The molecule has 0 fully saturated rings. The van der Waals surface area contributed by atoms with Gasteiger partial charge in [-0.15, -0.1) is 0 Å². The lowest BCUT2D eigenvalue weighted by Crippen LogP contribution is -2.08. The zero-order chi connectivity index (χ0) is 16.1. The van der Waals surface area contributed by atoms with Crippen molar-refractivity contribution < 1.29 is 14.3 Å². The quantitative estimate of drug-likeness (QED) is 0.646. The van der Waals surface area contributed by atoms with Crippen LogP contribution in [0.2, 0.25) is 5.02 Å². The van der Waals surface area contributed by atoms with E-state index in [0.717, 1.165) is 5.69 Å². The van der Waals surface area contributed by atoms with Crippen LogP contribution in [0.3, 0.4) is 0 Å². The maximum atomic E-state index is 12.0. The molecule has 2 rings (SSSR count). The van der Waals surface area contributed by atoms with Gasteiger partial charge in [0.15, 0.2) is 0 Å². The fourth-order valence-electron chi connectivity index (χ4n) is 1.95. The lowest BCUT2D eigenvalue weighted by Gasteiger charge is -2.13. The van der Waals surface area contributed by atoms with Gasteiger partial charge in [-0.3, -0.25) is 0 Å². The Balaban J connectivity index is 2.33. The Morgan fingerprint density at radius 3 is 2.68 bits per heavy atom. The average Bonchev–Trinajstić information content (AvgIpc) is 2.49. The predicted octanol–water partition coefficient (Wildman–Crippen LogP) is 3.85. The summed E-state index contributed by atoms with van der Waals surface area (Å²) in [7, 11) is 1.55. The Morgan fingerprint density at radius 1 is 1.27 bits per heavy atom. The van der Waals surface area contributed by atoms with Crippen LogP contribution in [-0.2, 0) is 4.74 Å². The van der Waals surface area contributed by atoms with Gasteiger partial charge >= 0.3 is 5.97 Å². The number of nitrogens with two attached hydrogens (primary N) is 1. The van der Waals surface area contributed by atoms with E-state index in [0.29, 0.717) is 34.3 Å². The molecular weight excluding hydrogens is 304 g/mol. The van der Waals surface area contributed by atoms with E-state index in [9.17, 15) is 4.79 Å². The second-order valence-electron chi connectivity index (χ2n) is 4.50. The van der Waals surface area contributed by atoms with Crippen LogP contribution in [0.1, 0.15) is 17.3 Å². The van der Waals surface area contributed by atoms with Crippen molar-refractivity contribution in [2.24, 2.45) is 0 Å². The molecule has 0 saturated heterocycles. The summed E-state index contributed by atoms with van der Waals surface area (Å²) in [5.74, 6) is 0.145. The molecule has 0 aliphatic heterocycles. The molecular formula is C16H17ClN2O3. The standard InChI is InChI=1S/C16H17ClN2O3/c1-3-22-16(20)12-8-10(18)4-6-14(12)19-11-5-7-15(21-2)13(17)9-11/h4-9,19H,3,18H2,1-2H3. The first-order valence-electron chi connectivity index (χ1n) is 6.72. The number of methoxy groups -OCH3 is 1. The molecule has 0 spiro atoms. The molecule has 0 aliphatic rings. The van der Waals surface area contributed by atoms with E-state index in [1.54, 1.807) is 50.4 Å². The Bertz CT molecular complexity index is 689. The second kappa shape index (κ2) is 7.04. The van der Waals surface area contributed by atoms with Gasteiger partial charge in [0.25, 0.3) is 0 Å². The van der Waals surface area contributed by atoms with Crippen LogP contribution >= 0.6 is 11.6 Å². The lowest BCUT2D eigenvalue weighted by molar-refractivity contribution is 0.0527. The van der Waals surface area contributed by atoms with Gasteiger partial charge in [-0.1, -0.05) is 11.6 Å². The minimum atomic E-state index is -0.433. The molecule has 0 heterocycles. The third-order valence-corrected chi connectivity index (χ3v) is 3.27. The zero-order valence-electron chi connectivity index (χ0n) is 12.4. The van der Waals surface area contributed by atoms with Crippen LogP contribution in [0.25, 0.3) is 0 Å². The number of carbonyl (C=O) groups excluding carboxylic acids is 1. The summed E-state index contributed by atoms with van der Waals surface area (Å²) in [6.07, 6.45) is 0. The van der Waals surface area contributed by atoms with Crippen molar-refractivity contribution in [2.75, 3.05) is 24.8 Å². The smallest absolute Gasteiger partial charge is 0.340 e. The number of esters is 1. The van der Waals surface area contributed by atoms with E-state index in [1.807, 2.05) is 0 Å². The van der Waals surface area contributed by atoms with Crippen molar-refractivity contribution in [3.8, 4) is 5.75 Å². The zero-order valence-corrected chi connectivity index (χ0v) is 13.1. The van der Waals surface area contributed by atoms with E-state index >= 15 is 0 Å². The summed E-state index contributed by atoms with van der Waals surface area (Å²) in [5.41, 5.74) is 7.92. The third kappa shape index (κ3) is 3.62. The van der Waals surface area contributed by atoms with Gasteiger partial charge in [-0.05, 0) is 43.3 Å². The first-order chi connectivity index (χ1) is 10.5. The van der Waals surface area contributed by atoms with Gasteiger partial charge in [-0.2, -0.15) is 0 Å². The number of rotatable bonds is 5. The van der Waals surface area contributed by atoms with Crippen LogP contribution in [0, 0.1) is 0 Å². The number of halogens is 1. The number of hydrogen-bond donors (Lipinski definition) is 2. The van der Waals surface area contributed by atoms with Gasteiger partial charge < -0.3 is 20.5 Å². The number of nitrogens with one attached hydrogen (secondary N) is 1. The van der Waals surface area contributed by atoms with E-state index in [4.69, 9.17) is 26.8 Å². The highest BCUT2D eigenvalue weighted by molar-refractivity contribution is 6.32. The number of hydrogen-bond acceptors (Lipinski definition) is 5. The molecule has 2 aromatic carbocycles. The molecule has 116 valence electrons. The third-order valence-electron chi connectivity index (χ3n) is 2.97. The fraction of sp³-hybridized carbons (Fsp3) is 0.188. The Labute approximate surface area is 134 Å². The molecule has 0 unspecified atom stereocenters. The monoisotopic (exact) mass is 320 g/mol. The predicted molar refractivity (Wildman–Crippen MR) is 88.1 cm³/mol. The Hall–Kier alpha value is -2.40. The molecule has 0 radical (unpaired) electrons. The van der Waals surface area contributed by atoms with E-state index in [1.165, 1.54) is 0 Å². The molecule has 0 atom stereocenters. The molecule has 0 saturated carbocycles. The highest BCUT2D eigenvalue weighted by Gasteiger charge is 2.13. The first-order valence-corrected chi connectivity index (χ1v) is 7.10. The van der Waals surface area contributed by atoms with Crippen LogP contribution in [-0.4, -0.2) is 19.7 Å². The summed E-state index contributed by atoms with van der Waals surface area (Å²) in [6, 6.07) is 10.3. The molecule has 0 aromatic heterocycles. The lowest BCUT2D eigenvalue weighted by atomic mass is 10.1. The van der Waals surface area contributed by atoms with E-state index < -0.39 is 5.97 Å². The number of ether oxygens (including phenoxy) is 2. The molecule has 3 N–H and O–H groups in total. The van der Waals surface area contributed by atoms with Crippen LogP contribution < -0.4 is 15.8 Å². The fourth-order valence-corrected chi connectivity index (χ4v) is 2.21. The summed E-state index contributed by atoms with van der Waals surface area (Å²) >= 11 is 6.10. The molecule has 5 nitrogen and oxygen atoms in total. The van der Waals surface area contributed by atoms with Gasteiger partial charge in [0.05, 0.1) is 30.0 Å². The molecule has 22 heavy (non-hydrogen) atoms. The molecule has 0 amide bonds. The molecule has 0 bridgehead atoms. The SMILES string of the molecule is CCOC(=O)c1cc(N)ccc1Nc1ccc(OC)c(Cl)c1. The Morgan fingerprint density at radius 2 is 2.05 bits per heavy atom. The number of nitrogen functional groups attached to an aromatic ring is 1. The summed E-state index contributed by atoms with van der Waals surface area (Å²) in [4.78, 5) is 12.0. The average molecular weight is 321 g/mol. The largest absolute Gasteiger partial charge is 0.495 e. The van der Waals surface area contributed by atoms with Crippen LogP contribution in [0.4, 0.5) is 17.1 Å². The molecule has 6 heteroatoms.